The Morgan fingerprint density at radius 3 is 2.07 bits per heavy atom. The van der Waals surface area contributed by atoms with Crippen molar-refractivity contribution >= 4 is 23.5 Å². The van der Waals surface area contributed by atoms with Gasteiger partial charge in [-0.15, -0.1) is 0 Å². The molecule has 29 heavy (non-hydrogen) atoms. The van der Waals surface area contributed by atoms with Gasteiger partial charge in [-0.25, -0.2) is 4.79 Å². The first-order chi connectivity index (χ1) is 13.8. The fourth-order valence-electron chi connectivity index (χ4n) is 3.48. The molecule has 2 amide bonds. The number of imide groups is 1. The molecule has 150 valence electrons. The highest BCUT2D eigenvalue weighted by Crippen LogP contribution is 2.35. The number of hydrogen-bond acceptors (Lipinski definition) is 5. The lowest BCUT2D eigenvalue weighted by molar-refractivity contribution is -0.137. The van der Waals surface area contributed by atoms with E-state index in [1.165, 1.54) is 12.1 Å². The smallest absolute Gasteiger partial charge is 0.371 e. The number of carbonyl (C=O) groups is 3. The van der Waals surface area contributed by atoms with Gasteiger partial charge in [0, 0.05) is 13.1 Å². The number of benzene rings is 2. The molecular formula is C20H15F3N2O4. The molecule has 0 spiro atoms. The molecule has 4 rings (SSSR count). The van der Waals surface area contributed by atoms with Crippen molar-refractivity contribution in [2.45, 2.75) is 19.0 Å². The Labute approximate surface area is 163 Å². The SMILES string of the molecule is O=C(ON1C(=O)c2ccccc2C1=O)c1ccc(C(F)(F)F)cc1N1CCCC1. The number of rotatable bonds is 3. The molecule has 0 saturated carbocycles. The summed E-state index contributed by atoms with van der Waals surface area (Å²) >= 11 is 0. The maximum absolute atomic E-state index is 13.1. The van der Waals surface area contributed by atoms with E-state index >= 15 is 0 Å². The Bertz CT molecular complexity index is 978. The summed E-state index contributed by atoms with van der Waals surface area (Å²) < 4.78 is 39.4. The third-order valence-corrected chi connectivity index (χ3v) is 4.92. The van der Waals surface area contributed by atoms with Crippen LogP contribution in [0.2, 0.25) is 0 Å². The van der Waals surface area contributed by atoms with Crippen LogP contribution in [0.15, 0.2) is 42.5 Å². The maximum atomic E-state index is 13.1. The highest BCUT2D eigenvalue weighted by Gasteiger charge is 2.40. The monoisotopic (exact) mass is 404 g/mol. The Morgan fingerprint density at radius 1 is 0.931 bits per heavy atom. The Balaban J connectivity index is 1.65. The molecule has 1 fully saturated rings. The molecule has 0 aliphatic carbocycles. The van der Waals surface area contributed by atoms with Crippen LogP contribution in [0.1, 0.15) is 49.5 Å². The van der Waals surface area contributed by atoms with Gasteiger partial charge in [0.05, 0.1) is 27.9 Å². The van der Waals surface area contributed by atoms with E-state index in [1.54, 1.807) is 17.0 Å². The van der Waals surface area contributed by atoms with E-state index in [-0.39, 0.29) is 22.4 Å². The molecule has 0 radical (unpaired) electrons. The minimum Gasteiger partial charge on any atom is -0.371 e. The van der Waals surface area contributed by atoms with Crippen LogP contribution in [-0.4, -0.2) is 35.9 Å². The van der Waals surface area contributed by atoms with Gasteiger partial charge >= 0.3 is 12.1 Å². The van der Waals surface area contributed by atoms with Crippen molar-refractivity contribution < 1.29 is 32.4 Å². The van der Waals surface area contributed by atoms with Crippen molar-refractivity contribution in [2.24, 2.45) is 0 Å². The van der Waals surface area contributed by atoms with Gasteiger partial charge in [-0.05, 0) is 43.2 Å². The zero-order valence-electron chi connectivity index (χ0n) is 15.0. The quantitative estimate of drug-likeness (QED) is 0.731. The van der Waals surface area contributed by atoms with Crippen molar-refractivity contribution in [2.75, 3.05) is 18.0 Å². The molecule has 0 aromatic heterocycles. The molecule has 0 N–H and O–H groups in total. The zero-order chi connectivity index (χ0) is 20.8. The second-order valence-corrected chi connectivity index (χ2v) is 6.75. The minimum atomic E-state index is -4.57. The number of amides is 2. The van der Waals surface area contributed by atoms with E-state index in [0.29, 0.717) is 18.2 Å². The predicted molar refractivity (Wildman–Crippen MR) is 95.2 cm³/mol. The second kappa shape index (κ2) is 6.91. The van der Waals surface area contributed by atoms with E-state index in [2.05, 4.69) is 0 Å². The van der Waals surface area contributed by atoms with Gasteiger partial charge in [0.1, 0.15) is 0 Å². The number of hydrogen-bond donors (Lipinski definition) is 0. The summed E-state index contributed by atoms with van der Waals surface area (Å²) in [7, 11) is 0. The average Bonchev–Trinajstić information content (AvgIpc) is 3.31. The Kier molecular flexibility index (Phi) is 4.52. The zero-order valence-corrected chi connectivity index (χ0v) is 15.0. The standard InChI is InChI=1S/C20H15F3N2O4/c21-20(22,23)12-7-8-15(16(11-12)24-9-3-4-10-24)19(28)29-25-17(26)13-5-1-2-6-14(13)18(25)27/h1-2,5-8,11H,3-4,9-10H2. The minimum absolute atomic E-state index is 0.0685. The Morgan fingerprint density at radius 2 is 1.52 bits per heavy atom. The van der Waals surface area contributed by atoms with Gasteiger partial charge in [0.25, 0.3) is 11.8 Å². The second-order valence-electron chi connectivity index (χ2n) is 6.75. The van der Waals surface area contributed by atoms with Gasteiger partial charge in [-0.2, -0.15) is 13.2 Å². The molecule has 2 aliphatic rings. The number of hydroxylamine groups is 2. The lowest BCUT2D eigenvalue weighted by Gasteiger charge is -2.23. The van der Waals surface area contributed by atoms with E-state index in [0.717, 1.165) is 31.0 Å². The number of halogens is 3. The number of alkyl halides is 3. The summed E-state index contributed by atoms with van der Waals surface area (Å²) in [5.74, 6) is -2.67. The summed E-state index contributed by atoms with van der Waals surface area (Å²) in [6.07, 6.45) is -3.01. The Hall–Kier alpha value is -3.36. The van der Waals surface area contributed by atoms with E-state index in [4.69, 9.17) is 4.84 Å². The summed E-state index contributed by atoms with van der Waals surface area (Å²) in [6, 6.07) is 8.67. The van der Waals surface area contributed by atoms with E-state index < -0.39 is 29.5 Å². The van der Waals surface area contributed by atoms with Crippen LogP contribution < -0.4 is 4.90 Å². The van der Waals surface area contributed by atoms with Crippen molar-refractivity contribution in [3.8, 4) is 0 Å². The van der Waals surface area contributed by atoms with Crippen LogP contribution in [0.5, 0.6) is 0 Å². The van der Waals surface area contributed by atoms with Crippen LogP contribution in [0, 0.1) is 0 Å². The van der Waals surface area contributed by atoms with Gasteiger partial charge in [-0.1, -0.05) is 17.2 Å². The normalized spacial score (nSPS) is 16.4. The molecule has 0 unspecified atom stereocenters. The number of nitrogens with zero attached hydrogens (tertiary/aromatic N) is 2. The molecule has 0 bridgehead atoms. The number of carbonyl (C=O) groups excluding carboxylic acids is 3. The van der Waals surface area contributed by atoms with Crippen LogP contribution in [-0.2, 0) is 11.0 Å². The van der Waals surface area contributed by atoms with Gasteiger partial charge < -0.3 is 9.74 Å². The first-order valence-electron chi connectivity index (χ1n) is 8.93. The molecule has 2 aliphatic heterocycles. The van der Waals surface area contributed by atoms with Crippen molar-refractivity contribution in [1.82, 2.24) is 5.06 Å². The molecule has 0 atom stereocenters. The average molecular weight is 404 g/mol. The third kappa shape index (κ3) is 3.32. The molecule has 2 heterocycles. The molecular weight excluding hydrogens is 389 g/mol. The van der Waals surface area contributed by atoms with Crippen LogP contribution in [0.4, 0.5) is 18.9 Å². The van der Waals surface area contributed by atoms with Gasteiger partial charge in [-0.3, -0.25) is 9.59 Å². The van der Waals surface area contributed by atoms with E-state index in [1.807, 2.05) is 0 Å². The summed E-state index contributed by atoms with van der Waals surface area (Å²) in [4.78, 5) is 44.1. The molecule has 2 aromatic carbocycles. The highest BCUT2D eigenvalue weighted by atomic mass is 19.4. The predicted octanol–water partition coefficient (Wildman–Crippen LogP) is 3.67. The lowest BCUT2D eigenvalue weighted by atomic mass is 10.1. The first kappa shape index (κ1) is 19.0. The van der Waals surface area contributed by atoms with E-state index in [9.17, 15) is 27.6 Å². The molecule has 6 nitrogen and oxygen atoms in total. The summed E-state index contributed by atoms with van der Waals surface area (Å²) in [5.41, 5.74) is -0.776. The first-order valence-corrected chi connectivity index (χ1v) is 8.93. The number of fused-ring (bicyclic) bond motifs is 1. The largest absolute Gasteiger partial charge is 0.416 e. The van der Waals surface area contributed by atoms with Crippen molar-refractivity contribution in [1.29, 1.82) is 0 Å². The molecule has 2 aromatic rings. The number of anilines is 1. The molecule has 1 saturated heterocycles. The van der Waals surface area contributed by atoms with Crippen LogP contribution in [0.25, 0.3) is 0 Å². The fourth-order valence-corrected chi connectivity index (χ4v) is 3.48. The topological polar surface area (TPSA) is 66.9 Å². The summed E-state index contributed by atoms with van der Waals surface area (Å²) in [5, 5.41) is 0.346. The van der Waals surface area contributed by atoms with Gasteiger partial charge in [0.2, 0.25) is 0 Å². The third-order valence-electron chi connectivity index (χ3n) is 4.92. The van der Waals surface area contributed by atoms with Crippen LogP contribution >= 0.6 is 0 Å². The van der Waals surface area contributed by atoms with Crippen molar-refractivity contribution in [3.63, 3.8) is 0 Å². The van der Waals surface area contributed by atoms with Gasteiger partial charge in [0.15, 0.2) is 0 Å². The summed E-state index contributed by atoms with van der Waals surface area (Å²) in [6.45, 7) is 0.989. The fraction of sp³-hybridized carbons (Fsp3) is 0.250. The lowest BCUT2D eigenvalue weighted by Crippen LogP contribution is -2.33. The molecule has 9 heteroatoms. The highest BCUT2D eigenvalue weighted by molar-refractivity contribution is 6.21. The van der Waals surface area contributed by atoms with Crippen LogP contribution in [0.3, 0.4) is 0 Å². The maximum Gasteiger partial charge on any atom is 0.416 e. The van der Waals surface area contributed by atoms with Crippen molar-refractivity contribution in [3.05, 3.63) is 64.7 Å².